The van der Waals surface area contributed by atoms with Gasteiger partial charge in [-0.25, -0.2) is 18.1 Å². The normalized spacial score (nSPS) is 11.5. The molecule has 0 amide bonds. The van der Waals surface area contributed by atoms with Crippen molar-refractivity contribution in [2.75, 3.05) is 5.73 Å². The Hall–Kier alpha value is -1.93. The molecule has 0 bridgehead atoms. The number of anilines is 1. The van der Waals surface area contributed by atoms with Crippen molar-refractivity contribution in [1.82, 2.24) is 14.9 Å². The van der Waals surface area contributed by atoms with E-state index in [4.69, 9.17) is 5.73 Å². The van der Waals surface area contributed by atoms with Gasteiger partial charge in [-0.05, 0) is 12.1 Å². The van der Waals surface area contributed by atoms with Crippen LogP contribution in [0.25, 0.3) is 0 Å². The van der Waals surface area contributed by atoms with Gasteiger partial charge in [0, 0.05) is 12.3 Å². The maximum absolute atomic E-state index is 11.8. The van der Waals surface area contributed by atoms with Crippen molar-refractivity contribution in [2.24, 2.45) is 0 Å². The van der Waals surface area contributed by atoms with Crippen molar-refractivity contribution in [2.45, 2.75) is 11.6 Å². The molecule has 90 valence electrons. The largest absolute Gasteiger partial charge is 0.396 e. The number of rotatable bonds is 4. The quantitative estimate of drug-likeness (QED) is 0.802. The van der Waals surface area contributed by atoms with Crippen molar-refractivity contribution >= 4 is 15.7 Å². The van der Waals surface area contributed by atoms with Crippen LogP contribution in [0.2, 0.25) is 0 Å². The highest BCUT2D eigenvalue weighted by Crippen LogP contribution is 2.13. The zero-order chi connectivity index (χ0) is 12.3. The lowest BCUT2D eigenvalue weighted by Crippen LogP contribution is -2.25. The highest BCUT2D eigenvalue weighted by atomic mass is 32.2. The third-order valence-electron chi connectivity index (χ3n) is 1.99. The van der Waals surface area contributed by atoms with Crippen LogP contribution in [0.15, 0.2) is 40.2 Å². The molecule has 2 heterocycles. The Balaban J connectivity index is 2.17. The molecule has 0 unspecified atom stereocenters. The fourth-order valence-corrected chi connectivity index (χ4v) is 2.25. The van der Waals surface area contributed by atoms with Crippen molar-refractivity contribution in [1.29, 1.82) is 0 Å². The topological polar surface area (TPSA) is 111 Å². The molecule has 2 aromatic rings. The third-order valence-corrected chi connectivity index (χ3v) is 3.36. The van der Waals surface area contributed by atoms with Gasteiger partial charge in [0.1, 0.15) is 6.26 Å². The fraction of sp³-hybridized carbons (Fsp3) is 0.111. The first-order valence-corrected chi connectivity index (χ1v) is 6.17. The molecular formula is C9H10N4O3S. The first kappa shape index (κ1) is 11.6. The van der Waals surface area contributed by atoms with E-state index in [2.05, 4.69) is 19.4 Å². The number of nitrogens with two attached hydrogens (primary N) is 1. The number of hydrogen-bond acceptors (Lipinski definition) is 6. The molecule has 8 heteroatoms. The average Bonchev–Trinajstić information content (AvgIpc) is 2.80. The molecule has 2 aromatic heterocycles. The molecule has 3 N–H and O–H groups in total. The van der Waals surface area contributed by atoms with Crippen molar-refractivity contribution in [3.8, 4) is 0 Å². The second-order valence-corrected chi connectivity index (χ2v) is 4.90. The summed E-state index contributed by atoms with van der Waals surface area (Å²) in [5, 5.41) is 3.39. The molecule has 0 saturated heterocycles. The van der Waals surface area contributed by atoms with Crippen molar-refractivity contribution in [3.63, 3.8) is 0 Å². The number of sulfonamides is 1. The lowest BCUT2D eigenvalue weighted by Gasteiger charge is -2.06. The minimum Gasteiger partial charge on any atom is -0.396 e. The third kappa shape index (κ3) is 2.60. The van der Waals surface area contributed by atoms with E-state index in [1.807, 2.05) is 0 Å². The van der Waals surface area contributed by atoms with E-state index in [9.17, 15) is 8.42 Å². The van der Waals surface area contributed by atoms with Crippen LogP contribution in [0.3, 0.4) is 0 Å². The maximum atomic E-state index is 11.8. The zero-order valence-corrected chi connectivity index (χ0v) is 9.52. The van der Waals surface area contributed by atoms with Gasteiger partial charge in [0.05, 0.1) is 17.9 Å². The summed E-state index contributed by atoms with van der Waals surface area (Å²) >= 11 is 0. The van der Waals surface area contributed by atoms with Gasteiger partial charge in [0.25, 0.3) is 10.0 Å². The maximum Gasteiger partial charge on any atom is 0.260 e. The number of nitrogens with one attached hydrogen (secondary N) is 1. The lowest BCUT2D eigenvalue weighted by molar-refractivity contribution is 0.411. The number of nitrogen functional groups attached to an aromatic ring is 1. The van der Waals surface area contributed by atoms with Gasteiger partial charge in [-0.2, -0.15) is 0 Å². The molecule has 0 fully saturated rings. The van der Waals surface area contributed by atoms with E-state index < -0.39 is 10.0 Å². The number of aromatic nitrogens is 2. The monoisotopic (exact) mass is 254 g/mol. The second-order valence-electron chi connectivity index (χ2n) is 3.21. The molecular weight excluding hydrogens is 244 g/mol. The molecule has 0 radical (unpaired) electrons. The highest BCUT2D eigenvalue weighted by molar-refractivity contribution is 7.89. The minimum atomic E-state index is -3.73. The van der Waals surface area contributed by atoms with E-state index in [1.165, 1.54) is 18.5 Å². The Morgan fingerprint density at radius 3 is 2.88 bits per heavy atom. The van der Waals surface area contributed by atoms with Gasteiger partial charge in [0.15, 0.2) is 5.03 Å². The summed E-state index contributed by atoms with van der Waals surface area (Å²) in [4.78, 5) is 3.73. The van der Waals surface area contributed by atoms with Crippen LogP contribution in [0.5, 0.6) is 0 Å². The van der Waals surface area contributed by atoms with Gasteiger partial charge in [-0.3, -0.25) is 0 Å². The summed E-state index contributed by atoms with van der Waals surface area (Å²) in [6.45, 7) is 0.0227. The van der Waals surface area contributed by atoms with Gasteiger partial charge >= 0.3 is 0 Å². The van der Waals surface area contributed by atoms with Crippen LogP contribution >= 0.6 is 0 Å². The number of hydrogen-bond donors (Lipinski definition) is 2. The summed E-state index contributed by atoms with van der Waals surface area (Å²) < 4.78 is 30.6. The number of nitrogens with zero attached hydrogens (tertiary/aromatic N) is 2. The van der Waals surface area contributed by atoms with E-state index in [1.54, 1.807) is 12.1 Å². The van der Waals surface area contributed by atoms with Crippen LogP contribution in [0.1, 0.15) is 5.69 Å². The molecule has 17 heavy (non-hydrogen) atoms. The predicted molar refractivity (Wildman–Crippen MR) is 59.2 cm³/mol. The first-order chi connectivity index (χ1) is 8.09. The Morgan fingerprint density at radius 1 is 1.41 bits per heavy atom. The van der Waals surface area contributed by atoms with Gasteiger partial charge < -0.3 is 10.3 Å². The van der Waals surface area contributed by atoms with Crippen LogP contribution in [0.4, 0.5) is 5.69 Å². The summed E-state index contributed by atoms with van der Waals surface area (Å²) in [5.74, 6) is 0. The number of pyridine rings is 1. The Kier molecular flexibility index (Phi) is 3.07. The molecule has 0 atom stereocenters. The highest BCUT2D eigenvalue weighted by Gasteiger charge is 2.18. The molecule has 0 aliphatic carbocycles. The first-order valence-electron chi connectivity index (χ1n) is 4.69. The second kappa shape index (κ2) is 4.52. The lowest BCUT2D eigenvalue weighted by atomic mass is 10.4. The molecule has 0 aliphatic rings. The van der Waals surface area contributed by atoms with Gasteiger partial charge in [-0.1, -0.05) is 5.16 Å². The zero-order valence-electron chi connectivity index (χ0n) is 8.70. The Morgan fingerprint density at radius 2 is 2.24 bits per heavy atom. The Labute approximate surface area is 97.7 Å². The molecule has 0 aromatic carbocycles. The van der Waals surface area contributed by atoms with Crippen LogP contribution in [-0.4, -0.2) is 18.6 Å². The summed E-state index contributed by atoms with van der Waals surface area (Å²) in [5.41, 5.74) is 6.11. The summed E-state index contributed by atoms with van der Waals surface area (Å²) in [7, 11) is -3.73. The summed E-state index contributed by atoms with van der Waals surface area (Å²) in [6, 6.07) is 4.59. The molecule has 0 spiro atoms. The molecule has 0 aliphatic heterocycles. The molecule has 2 rings (SSSR count). The average molecular weight is 254 g/mol. The smallest absolute Gasteiger partial charge is 0.260 e. The SMILES string of the molecule is Nc1cccnc1S(=O)(=O)NCc1ccon1. The summed E-state index contributed by atoms with van der Waals surface area (Å²) in [6.07, 6.45) is 2.72. The Bertz CT molecular complexity index is 594. The van der Waals surface area contributed by atoms with Gasteiger partial charge in [0.2, 0.25) is 0 Å². The van der Waals surface area contributed by atoms with Crippen molar-refractivity contribution < 1.29 is 12.9 Å². The van der Waals surface area contributed by atoms with E-state index in [0.29, 0.717) is 5.69 Å². The predicted octanol–water partition coefficient (Wildman–Crippen LogP) is 0.130. The van der Waals surface area contributed by atoms with E-state index in [0.717, 1.165) is 0 Å². The minimum absolute atomic E-state index is 0.0227. The molecule has 7 nitrogen and oxygen atoms in total. The van der Waals surface area contributed by atoms with E-state index >= 15 is 0 Å². The van der Waals surface area contributed by atoms with Crippen LogP contribution in [-0.2, 0) is 16.6 Å². The van der Waals surface area contributed by atoms with Crippen LogP contribution < -0.4 is 10.5 Å². The standard InChI is InChI=1S/C9H10N4O3S/c10-8-2-1-4-11-9(8)17(14,15)12-6-7-3-5-16-13-7/h1-5,12H,6,10H2. The van der Waals surface area contributed by atoms with E-state index in [-0.39, 0.29) is 17.3 Å². The van der Waals surface area contributed by atoms with Crippen molar-refractivity contribution in [3.05, 3.63) is 36.4 Å². The molecule has 0 saturated carbocycles. The van der Waals surface area contributed by atoms with Gasteiger partial charge in [-0.15, -0.1) is 0 Å². The van der Waals surface area contributed by atoms with Crippen LogP contribution in [0, 0.1) is 0 Å². The fourth-order valence-electron chi connectivity index (χ4n) is 1.19.